The fourth-order valence-electron chi connectivity index (χ4n) is 3.98. The highest BCUT2D eigenvalue weighted by molar-refractivity contribution is 5.79. The monoisotopic (exact) mass is 361 g/mol. The summed E-state index contributed by atoms with van der Waals surface area (Å²) in [5.41, 5.74) is 1.06. The topological polar surface area (TPSA) is 54.7 Å². The zero-order valence-corrected chi connectivity index (χ0v) is 16.5. The Hall–Kier alpha value is -1.56. The number of nitrogens with one attached hydrogen (secondary N) is 1. The molecule has 2 heterocycles. The van der Waals surface area contributed by atoms with E-state index in [1.54, 1.807) is 0 Å². The first-order chi connectivity index (χ1) is 12.8. The molecular weight excluding hydrogens is 326 g/mol. The Labute approximate surface area is 158 Å². The minimum atomic E-state index is 0.600. The van der Waals surface area contributed by atoms with Crippen molar-refractivity contribution in [2.45, 2.75) is 64.5 Å². The fourth-order valence-corrected chi connectivity index (χ4v) is 3.98. The molecule has 0 spiro atoms. The van der Waals surface area contributed by atoms with E-state index in [2.05, 4.69) is 41.1 Å². The molecule has 1 saturated carbocycles. The average Bonchev–Trinajstić information content (AvgIpc) is 3.35. The van der Waals surface area contributed by atoms with Crippen molar-refractivity contribution in [3.8, 4) is 0 Å². The van der Waals surface area contributed by atoms with E-state index in [4.69, 9.17) is 14.8 Å². The van der Waals surface area contributed by atoms with Crippen molar-refractivity contribution in [3.63, 3.8) is 0 Å². The average molecular weight is 362 g/mol. The van der Waals surface area contributed by atoms with Gasteiger partial charge in [0.1, 0.15) is 0 Å². The van der Waals surface area contributed by atoms with Crippen LogP contribution in [-0.4, -0.2) is 54.0 Å². The number of guanidine groups is 1. The van der Waals surface area contributed by atoms with Gasteiger partial charge in [0.2, 0.25) is 0 Å². The molecule has 146 valence electrons. The number of rotatable bonds is 7. The predicted molar refractivity (Wildman–Crippen MR) is 105 cm³/mol. The van der Waals surface area contributed by atoms with Gasteiger partial charge in [0.05, 0.1) is 18.3 Å². The van der Waals surface area contributed by atoms with E-state index >= 15 is 0 Å². The lowest BCUT2D eigenvalue weighted by Gasteiger charge is -2.26. The molecule has 3 rings (SSSR count). The van der Waals surface area contributed by atoms with Crippen LogP contribution in [0.5, 0.6) is 0 Å². The molecule has 2 aliphatic rings. The van der Waals surface area contributed by atoms with Gasteiger partial charge in [0, 0.05) is 39.5 Å². The number of hydrogen-bond acceptors (Lipinski definition) is 3. The van der Waals surface area contributed by atoms with Crippen LogP contribution in [0.15, 0.2) is 17.3 Å². The van der Waals surface area contributed by atoms with Crippen LogP contribution in [-0.2, 0) is 11.3 Å². The maximum atomic E-state index is 5.46. The van der Waals surface area contributed by atoms with Gasteiger partial charge in [-0.25, -0.2) is 4.99 Å². The summed E-state index contributed by atoms with van der Waals surface area (Å²) in [6, 6.07) is 2.72. The molecule has 1 N–H and O–H groups in total. The lowest BCUT2D eigenvalue weighted by molar-refractivity contribution is 0.0625. The van der Waals surface area contributed by atoms with E-state index in [0.29, 0.717) is 12.6 Å². The fraction of sp³-hybridized carbons (Fsp3) is 0.800. The molecule has 1 aliphatic carbocycles. The van der Waals surface area contributed by atoms with Crippen molar-refractivity contribution >= 4 is 5.96 Å². The van der Waals surface area contributed by atoms with Crippen LogP contribution in [0, 0.1) is 5.92 Å². The van der Waals surface area contributed by atoms with Crippen molar-refractivity contribution in [3.05, 3.63) is 18.0 Å². The molecule has 26 heavy (non-hydrogen) atoms. The van der Waals surface area contributed by atoms with Crippen molar-refractivity contribution in [2.75, 3.05) is 33.4 Å². The van der Waals surface area contributed by atoms with Gasteiger partial charge in [0.25, 0.3) is 0 Å². The second kappa shape index (κ2) is 9.95. The second-order valence-electron chi connectivity index (χ2n) is 7.66. The smallest absolute Gasteiger partial charge is 0.194 e. The molecule has 6 nitrogen and oxygen atoms in total. The van der Waals surface area contributed by atoms with Gasteiger partial charge in [-0.1, -0.05) is 12.8 Å². The van der Waals surface area contributed by atoms with Crippen LogP contribution in [0.1, 0.15) is 63.6 Å². The van der Waals surface area contributed by atoms with Crippen LogP contribution in [0.3, 0.4) is 0 Å². The molecule has 0 amide bonds. The molecule has 0 atom stereocenters. The summed E-state index contributed by atoms with van der Waals surface area (Å²) in [4.78, 5) is 7.08. The Morgan fingerprint density at radius 3 is 2.81 bits per heavy atom. The minimum absolute atomic E-state index is 0.600. The largest absolute Gasteiger partial charge is 0.381 e. The van der Waals surface area contributed by atoms with Crippen molar-refractivity contribution in [1.82, 2.24) is 20.0 Å². The van der Waals surface area contributed by atoms with E-state index in [1.807, 2.05) is 0 Å². The highest BCUT2D eigenvalue weighted by Crippen LogP contribution is 2.28. The summed E-state index contributed by atoms with van der Waals surface area (Å²) < 4.78 is 7.61. The molecule has 0 unspecified atom stereocenters. The van der Waals surface area contributed by atoms with Gasteiger partial charge in [-0.15, -0.1) is 0 Å². The zero-order valence-electron chi connectivity index (χ0n) is 16.5. The number of ether oxygens (including phenoxy) is 1. The molecule has 0 bridgehead atoms. The quantitative estimate of drug-likeness (QED) is 0.598. The van der Waals surface area contributed by atoms with Gasteiger partial charge in [-0.2, -0.15) is 5.10 Å². The molecule has 0 radical (unpaired) electrons. The number of nitrogens with zero attached hydrogens (tertiary/aromatic N) is 4. The van der Waals surface area contributed by atoms with Crippen LogP contribution >= 0.6 is 0 Å². The maximum absolute atomic E-state index is 5.46. The predicted octanol–water partition coefficient (Wildman–Crippen LogP) is 3.21. The Kier molecular flexibility index (Phi) is 7.35. The van der Waals surface area contributed by atoms with Crippen LogP contribution in [0.25, 0.3) is 0 Å². The van der Waals surface area contributed by atoms with Crippen molar-refractivity contribution in [1.29, 1.82) is 0 Å². The van der Waals surface area contributed by atoms with Crippen LogP contribution in [0.4, 0.5) is 0 Å². The van der Waals surface area contributed by atoms with E-state index in [-0.39, 0.29) is 0 Å². The number of hydrogen-bond donors (Lipinski definition) is 1. The Balaban J connectivity index is 1.52. The first-order valence-corrected chi connectivity index (χ1v) is 10.4. The molecule has 1 saturated heterocycles. The van der Waals surface area contributed by atoms with Crippen molar-refractivity contribution in [2.24, 2.45) is 10.9 Å². The molecular formula is C20H35N5O. The maximum Gasteiger partial charge on any atom is 0.194 e. The van der Waals surface area contributed by atoms with Crippen molar-refractivity contribution < 1.29 is 4.74 Å². The number of aliphatic imine (C=N–C) groups is 1. The molecule has 6 heteroatoms. The number of aromatic nitrogens is 2. The lowest BCUT2D eigenvalue weighted by Crippen LogP contribution is -2.40. The molecule has 0 aromatic carbocycles. The third-order valence-electron chi connectivity index (χ3n) is 5.66. The van der Waals surface area contributed by atoms with Gasteiger partial charge >= 0.3 is 0 Å². The minimum Gasteiger partial charge on any atom is -0.381 e. The summed E-state index contributed by atoms with van der Waals surface area (Å²) >= 11 is 0. The Morgan fingerprint density at radius 1 is 1.31 bits per heavy atom. The summed E-state index contributed by atoms with van der Waals surface area (Å²) in [6.07, 6.45) is 10.9. The summed E-state index contributed by atoms with van der Waals surface area (Å²) in [5, 5.41) is 8.17. The summed E-state index contributed by atoms with van der Waals surface area (Å²) in [6.45, 7) is 6.53. The second-order valence-corrected chi connectivity index (χ2v) is 7.66. The van der Waals surface area contributed by atoms with Crippen LogP contribution < -0.4 is 5.32 Å². The third-order valence-corrected chi connectivity index (χ3v) is 5.66. The van der Waals surface area contributed by atoms with Crippen LogP contribution in [0.2, 0.25) is 0 Å². The Bertz CT molecular complexity index is 558. The highest BCUT2D eigenvalue weighted by Gasteiger charge is 2.18. The standard InChI is InChI=1S/C20H35N5O/c1-3-21-20(24(2)12-8-17-10-14-26-15-11-17)22-16-18-9-13-25(23-18)19-6-4-5-7-19/h9,13,17,19H,3-8,10-12,14-16H2,1-2H3,(H,21,22). The summed E-state index contributed by atoms with van der Waals surface area (Å²) in [5.74, 6) is 1.77. The normalized spacial score (nSPS) is 19.8. The first-order valence-electron chi connectivity index (χ1n) is 10.4. The van der Waals surface area contributed by atoms with E-state index in [9.17, 15) is 0 Å². The summed E-state index contributed by atoms with van der Waals surface area (Å²) in [7, 11) is 2.14. The van der Waals surface area contributed by atoms with E-state index < -0.39 is 0 Å². The Morgan fingerprint density at radius 2 is 2.08 bits per heavy atom. The van der Waals surface area contributed by atoms with Gasteiger partial charge in [-0.3, -0.25) is 4.68 Å². The zero-order chi connectivity index (χ0) is 18.2. The lowest BCUT2D eigenvalue weighted by atomic mass is 9.96. The van der Waals surface area contributed by atoms with E-state index in [1.165, 1.54) is 44.9 Å². The van der Waals surface area contributed by atoms with Gasteiger partial charge in [-0.05, 0) is 51.0 Å². The third kappa shape index (κ3) is 5.47. The van der Waals surface area contributed by atoms with Gasteiger partial charge < -0.3 is 15.0 Å². The molecule has 2 fully saturated rings. The van der Waals surface area contributed by atoms with Gasteiger partial charge in [0.15, 0.2) is 5.96 Å². The van der Waals surface area contributed by atoms with E-state index in [0.717, 1.165) is 43.9 Å². The molecule has 1 aromatic heterocycles. The SMILES string of the molecule is CCNC(=NCc1ccn(C2CCCC2)n1)N(C)CCC1CCOCC1. The highest BCUT2D eigenvalue weighted by atomic mass is 16.5. The molecule has 1 aliphatic heterocycles. The first kappa shape index (κ1) is 19.2. The molecule has 1 aromatic rings.